The molecule has 4 unspecified atom stereocenters. The zero-order valence-electron chi connectivity index (χ0n) is 15.7. The Morgan fingerprint density at radius 1 is 0.897 bits per heavy atom. The maximum absolute atomic E-state index is 12.4. The number of carboxylic acids is 2. The largest absolute Gasteiger partial charge is 0.481 e. The summed E-state index contributed by atoms with van der Waals surface area (Å²) in [5.41, 5.74) is 5.74. The number of carboxylic acid groups (broad SMARTS) is 2. The highest BCUT2D eigenvalue weighted by molar-refractivity contribution is 7.98. The molecule has 0 aliphatic rings. The molecular weight excluding hydrogens is 444 g/mol. The molecule has 11 nitrogen and oxygen atoms in total. The number of nitrogens with one attached hydrogen (secondary N) is 3. The minimum Gasteiger partial charge on any atom is -0.481 e. The van der Waals surface area contributed by atoms with E-state index in [2.05, 4.69) is 35.9 Å². The molecule has 0 bridgehead atoms. The number of rotatable bonds is 14. The van der Waals surface area contributed by atoms with Crippen molar-refractivity contribution in [1.82, 2.24) is 16.0 Å². The quantitative estimate of drug-likeness (QED) is 0.132. The molecule has 0 aliphatic heterocycles. The van der Waals surface area contributed by atoms with Crippen LogP contribution in [0.2, 0.25) is 0 Å². The second-order valence-corrected chi connectivity index (χ2v) is 7.59. The van der Waals surface area contributed by atoms with Crippen molar-refractivity contribution in [3.63, 3.8) is 0 Å². The number of nitrogens with two attached hydrogens (primary N) is 1. The van der Waals surface area contributed by atoms with Crippen LogP contribution in [0.5, 0.6) is 0 Å². The van der Waals surface area contributed by atoms with Gasteiger partial charge in [0, 0.05) is 11.5 Å². The Labute approximate surface area is 183 Å². The summed E-state index contributed by atoms with van der Waals surface area (Å²) >= 11 is 9.47. The van der Waals surface area contributed by atoms with Crippen LogP contribution in [0.3, 0.4) is 0 Å². The maximum Gasteiger partial charge on any atom is 0.326 e. The monoisotopic (exact) mass is 470 g/mol. The van der Waals surface area contributed by atoms with E-state index in [1.165, 1.54) is 11.8 Å². The average molecular weight is 471 g/mol. The minimum absolute atomic E-state index is 0.0789. The fourth-order valence-electron chi connectivity index (χ4n) is 1.96. The molecule has 0 aromatic carbocycles. The molecular formula is C15H26N4O7S3. The zero-order chi connectivity index (χ0) is 22.6. The lowest BCUT2D eigenvalue weighted by Crippen LogP contribution is -2.58. The van der Waals surface area contributed by atoms with Crippen molar-refractivity contribution in [2.24, 2.45) is 5.73 Å². The van der Waals surface area contributed by atoms with E-state index in [9.17, 15) is 24.0 Å². The first-order chi connectivity index (χ1) is 13.6. The molecule has 0 saturated heterocycles. The van der Waals surface area contributed by atoms with Gasteiger partial charge >= 0.3 is 11.9 Å². The topological polar surface area (TPSA) is 188 Å². The molecule has 0 aliphatic carbocycles. The summed E-state index contributed by atoms with van der Waals surface area (Å²) in [5.74, 6) is -4.79. The Balaban J connectivity index is 4.95. The third-order valence-electron chi connectivity index (χ3n) is 3.59. The summed E-state index contributed by atoms with van der Waals surface area (Å²) in [7, 11) is 0. The molecule has 14 heteroatoms. The van der Waals surface area contributed by atoms with Gasteiger partial charge in [-0.15, -0.1) is 0 Å². The SMILES string of the molecule is CSCCC(N)C(=O)NC(CS)C(=O)NC(CS)C(=O)NC(CC(=O)O)C(=O)O. The van der Waals surface area contributed by atoms with Gasteiger partial charge < -0.3 is 31.9 Å². The molecule has 0 saturated carbocycles. The van der Waals surface area contributed by atoms with Crippen LogP contribution in [0.4, 0.5) is 0 Å². The molecule has 0 aromatic heterocycles. The number of hydrogen-bond acceptors (Lipinski definition) is 9. The molecule has 0 heterocycles. The third kappa shape index (κ3) is 10.6. The van der Waals surface area contributed by atoms with Crippen molar-refractivity contribution < 1.29 is 34.2 Å². The number of thiol groups is 2. The number of amides is 3. The first-order valence-corrected chi connectivity index (χ1v) is 11.0. The fraction of sp³-hybridized carbons (Fsp3) is 0.667. The highest BCUT2D eigenvalue weighted by Gasteiger charge is 2.30. The Bertz CT molecular complexity index is 608. The van der Waals surface area contributed by atoms with Crippen molar-refractivity contribution in [1.29, 1.82) is 0 Å². The van der Waals surface area contributed by atoms with Crippen molar-refractivity contribution >= 4 is 66.7 Å². The van der Waals surface area contributed by atoms with Gasteiger partial charge in [0.05, 0.1) is 12.5 Å². The molecule has 0 radical (unpaired) electrons. The Kier molecular flexibility index (Phi) is 13.5. The van der Waals surface area contributed by atoms with Gasteiger partial charge in [0.15, 0.2) is 0 Å². The normalized spacial score (nSPS) is 14.8. The van der Waals surface area contributed by atoms with Crippen molar-refractivity contribution in [3.8, 4) is 0 Å². The van der Waals surface area contributed by atoms with E-state index < -0.39 is 60.2 Å². The minimum atomic E-state index is -1.67. The van der Waals surface area contributed by atoms with Crippen LogP contribution in [0.1, 0.15) is 12.8 Å². The lowest BCUT2D eigenvalue weighted by Gasteiger charge is -2.23. The van der Waals surface area contributed by atoms with Crippen molar-refractivity contribution in [2.75, 3.05) is 23.5 Å². The lowest BCUT2D eigenvalue weighted by molar-refractivity contribution is -0.147. The van der Waals surface area contributed by atoms with Crippen LogP contribution >= 0.6 is 37.0 Å². The van der Waals surface area contributed by atoms with E-state index in [1.807, 2.05) is 11.6 Å². The second kappa shape index (κ2) is 14.4. The molecule has 4 atom stereocenters. The van der Waals surface area contributed by atoms with Crippen LogP contribution in [-0.4, -0.2) is 87.6 Å². The van der Waals surface area contributed by atoms with Gasteiger partial charge in [-0.3, -0.25) is 19.2 Å². The summed E-state index contributed by atoms with van der Waals surface area (Å²) in [5, 5.41) is 24.5. The lowest BCUT2D eigenvalue weighted by atomic mass is 10.1. The van der Waals surface area contributed by atoms with Gasteiger partial charge in [-0.25, -0.2) is 4.79 Å². The maximum atomic E-state index is 12.4. The third-order valence-corrected chi connectivity index (χ3v) is 4.97. The van der Waals surface area contributed by atoms with Gasteiger partial charge in [-0.1, -0.05) is 0 Å². The summed E-state index contributed by atoms with van der Waals surface area (Å²) in [6.07, 6.45) is 1.44. The average Bonchev–Trinajstić information content (AvgIpc) is 2.66. The molecule has 0 spiro atoms. The van der Waals surface area contributed by atoms with Crippen molar-refractivity contribution in [3.05, 3.63) is 0 Å². The Hall–Kier alpha value is -1.64. The molecule has 3 amide bonds. The van der Waals surface area contributed by atoms with Gasteiger partial charge in [0.2, 0.25) is 17.7 Å². The summed E-state index contributed by atoms with van der Waals surface area (Å²) in [6, 6.07) is -4.83. The Morgan fingerprint density at radius 3 is 1.72 bits per heavy atom. The van der Waals surface area contributed by atoms with Gasteiger partial charge in [-0.2, -0.15) is 37.0 Å². The fourth-order valence-corrected chi connectivity index (χ4v) is 2.97. The number of aliphatic carboxylic acids is 2. The predicted molar refractivity (Wildman–Crippen MR) is 114 cm³/mol. The van der Waals surface area contributed by atoms with Crippen LogP contribution in [-0.2, 0) is 24.0 Å². The second-order valence-electron chi connectivity index (χ2n) is 5.87. The summed E-state index contributed by atoms with van der Waals surface area (Å²) in [6.45, 7) is 0. The van der Waals surface area contributed by atoms with Crippen LogP contribution < -0.4 is 21.7 Å². The van der Waals surface area contributed by atoms with Crippen molar-refractivity contribution in [2.45, 2.75) is 37.0 Å². The zero-order valence-corrected chi connectivity index (χ0v) is 18.3. The highest BCUT2D eigenvalue weighted by atomic mass is 32.2. The summed E-state index contributed by atoms with van der Waals surface area (Å²) in [4.78, 5) is 58.4. The number of thioether (sulfide) groups is 1. The van der Waals surface area contributed by atoms with Gasteiger partial charge in [0.1, 0.15) is 18.1 Å². The van der Waals surface area contributed by atoms with E-state index in [0.29, 0.717) is 12.2 Å². The molecule has 29 heavy (non-hydrogen) atoms. The smallest absolute Gasteiger partial charge is 0.326 e. The van der Waals surface area contributed by atoms with E-state index >= 15 is 0 Å². The van der Waals surface area contributed by atoms with Crippen LogP contribution in [0.15, 0.2) is 0 Å². The van der Waals surface area contributed by atoms with Gasteiger partial charge in [0.25, 0.3) is 0 Å². The number of hydrogen-bond donors (Lipinski definition) is 8. The molecule has 0 aromatic rings. The summed E-state index contributed by atoms with van der Waals surface area (Å²) < 4.78 is 0. The first kappa shape index (κ1) is 27.4. The number of carbonyl (C=O) groups is 5. The van der Waals surface area contributed by atoms with Gasteiger partial charge in [-0.05, 0) is 18.4 Å². The molecule has 0 rings (SSSR count). The van der Waals surface area contributed by atoms with Crippen LogP contribution in [0, 0.1) is 0 Å². The van der Waals surface area contributed by atoms with Crippen LogP contribution in [0.25, 0.3) is 0 Å². The van der Waals surface area contributed by atoms with E-state index in [1.54, 1.807) is 0 Å². The van der Waals surface area contributed by atoms with E-state index in [0.717, 1.165) is 0 Å². The standard InChI is InChI=1S/C15H26N4O7S3/c1-29-3-2-7(16)12(22)18-9(5-27)14(24)19-10(6-28)13(23)17-8(15(25)26)4-11(20)21/h7-10,27-28H,2-6,16H2,1H3,(H,17,23)(H,18,22)(H,19,24)(H,20,21)(H,25,26). The Morgan fingerprint density at radius 2 is 1.34 bits per heavy atom. The van der Waals surface area contributed by atoms with E-state index in [4.69, 9.17) is 15.9 Å². The molecule has 0 fully saturated rings. The molecule has 7 N–H and O–H groups in total. The molecule has 166 valence electrons. The first-order valence-electron chi connectivity index (χ1n) is 8.39. The highest BCUT2D eigenvalue weighted by Crippen LogP contribution is 2.01. The predicted octanol–water partition coefficient (Wildman–Crippen LogP) is -2.06. The van der Waals surface area contributed by atoms with E-state index in [-0.39, 0.29) is 11.5 Å². The number of carbonyl (C=O) groups excluding carboxylic acids is 3.